The summed E-state index contributed by atoms with van der Waals surface area (Å²) >= 11 is 3.34. The molecule has 1 aromatic rings. The Labute approximate surface area is 126 Å². The van der Waals surface area contributed by atoms with Crippen molar-refractivity contribution in [3.8, 4) is 11.5 Å². The zero-order valence-corrected chi connectivity index (χ0v) is 13.0. The molecule has 0 heterocycles. The molecule has 5 nitrogen and oxygen atoms in total. The summed E-state index contributed by atoms with van der Waals surface area (Å²) in [7, 11) is 3.02. The number of aliphatic carboxylic acids is 1. The first kappa shape index (κ1) is 16.5. The van der Waals surface area contributed by atoms with Crippen LogP contribution in [0.5, 0.6) is 11.5 Å². The fourth-order valence-corrected chi connectivity index (χ4v) is 2.44. The lowest BCUT2D eigenvalue weighted by Crippen LogP contribution is -2.05. The Hall–Kier alpha value is -1.56. The van der Waals surface area contributed by atoms with E-state index in [9.17, 15) is 9.59 Å². The number of carbonyl (C=O) groups is 2. The Balaban J connectivity index is 2.79. The minimum absolute atomic E-state index is 0.0776. The summed E-state index contributed by atoms with van der Waals surface area (Å²) in [4.78, 5) is 22.6. The molecule has 0 bridgehead atoms. The SMILES string of the molecule is COc1cc(Br)c(C(=O)CCCCC(=O)O)c(OC)c1. The summed E-state index contributed by atoms with van der Waals surface area (Å²) in [5.41, 5.74) is 0.462. The summed E-state index contributed by atoms with van der Waals surface area (Å²) in [6.07, 6.45) is 1.38. The maximum atomic E-state index is 12.2. The predicted molar refractivity (Wildman–Crippen MR) is 77.7 cm³/mol. The Kier molecular flexibility index (Phi) is 6.51. The molecule has 0 aliphatic heterocycles. The van der Waals surface area contributed by atoms with Gasteiger partial charge in [-0.3, -0.25) is 9.59 Å². The van der Waals surface area contributed by atoms with Crippen LogP contribution in [0.15, 0.2) is 16.6 Å². The lowest BCUT2D eigenvalue weighted by atomic mass is 10.0. The maximum Gasteiger partial charge on any atom is 0.303 e. The largest absolute Gasteiger partial charge is 0.497 e. The number of halogens is 1. The third-order valence-electron chi connectivity index (χ3n) is 2.81. The molecule has 0 aromatic heterocycles. The van der Waals surface area contributed by atoms with E-state index in [-0.39, 0.29) is 18.6 Å². The zero-order valence-electron chi connectivity index (χ0n) is 11.4. The van der Waals surface area contributed by atoms with Crippen molar-refractivity contribution >= 4 is 27.7 Å². The molecule has 6 heteroatoms. The number of methoxy groups -OCH3 is 2. The van der Waals surface area contributed by atoms with E-state index in [1.807, 2.05) is 0 Å². The smallest absolute Gasteiger partial charge is 0.303 e. The van der Waals surface area contributed by atoms with Crippen LogP contribution in [0, 0.1) is 0 Å². The molecule has 0 fully saturated rings. The fourth-order valence-electron chi connectivity index (χ4n) is 1.79. The van der Waals surface area contributed by atoms with E-state index < -0.39 is 5.97 Å². The highest BCUT2D eigenvalue weighted by Gasteiger charge is 2.17. The Morgan fingerprint density at radius 1 is 1.15 bits per heavy atom. The zero-order chi connectivity index (χ0) is 15.1. The average Bonchev–Trinajstić information content (AvgIpc) is 2.41. The quantitative estimate of drug-likeness (QED) is 0.578. The Morgan fingerprint density at radius 2 is 1.80 bits per heavy atom. The van der Waals surface area contributed by atoms with Gasteiger partial charge in [-0.05, 0) is 34.8 Å². The average molecular weight is 345 g/mol. The number of carboxylic acids is 1. The van der Waals surface area contributed by atoms with Gasteiger partial charge in [-0.25, -0.2) is 0 Å². The number of ketones is 1. The molecule has 110 valence electrons. The number of rotatable bonds is 8. The molecule has 0 amide bonds. The second kappa shape index (κ2) is 7.89. The Bertz CT molecular complexity index is 499. The van der Waals surface area contributed by atoms with Gasteiger partial charge in [0.1, 0.15) is 11.5 Å². The highest BCUT2D eigenvalue weighted by molar-refractivity contribution is 9.10. The predicted octanol–water partition coefficient (Wildman–Crippen LogP) is 3.29. The molecule has 0 radical (unpaired) electrons. The minimum Gasteiger partial charge on any atom is -0.497 e. The molecular weight excluding hydrogens is 328 g/mol. The van der Waals surface area contributed by atoms with Gasteiger partial charge in [0, 0.05) is 23.4 Å². The molecule has 1 N–H and O–H groups in total. The van der Waals surface area contributed by atoms with Crippen molar-refractivity contribution in [2.75, 3.05) is 14.2 Å². The molecule has 0 aliphatic carbocycles. The molecule has 0 saturated carbocycles. The van der Waals surface area contributed by atoms with Crippen molar-refractivity contribution in [3.05, 3.63) is 22.2 Å². The van der Waals surface area contributed by atoms with Crippen LogP contribution in [-0.2, 0) is 4.79 Å². The monoisotopic (exact) mass is 344 g/mol. The molecule has 1 aromatic carbocycles. The summed E-state index contributed by atoms with van der Waals surface area (Å²) in [5.74, 6) is 0.109. The second-order valence-electron chi connectivity index (χ2n) is 4.21. The van der Waals surface area contributed by atoms with Crippen molar-refractivity contribution in [2.45, 2.75) is 25.7 Å². The summed E-state index contributed by atoms with van der Waals surface area (Å²) in [6.45, 7) is 0. The minimum atomic E-state index is -0.847. The molecule has 0 atom stereocenters. The van der Waals surface area contributed by atoms with Gasteiger partial charge in [-0.15, -0.1) is 0 Å². The summed E-state index contributed by atoms with van der Waals surface area (Å²) < 4.78 is 10.9. The number of ether oxygens (including phenoxy) is 2. The van der Waals surface area contributed by atoms with Crippen LogP contribution < -0.4 is 9.47 Å². The molecule has 0 unspecified atom stereocenters. The van der Waals surface area contributed by atoms with Crippen molar-refractivity contribution in [1.82, 2.24) is 0 Å². The van der Waals surface area contributed by atoms with E-state index in [2.05, 4.69) is 15.9 Å². The molecule has 1 rings (SSSR count). The normalized spacial score (nSPS) is 10.2. The molecular formula is C14H17BrO5. The van der Waals surface area contributed by atoms with Gasteiger partial charge in [0.15, 0.2) is 5.78 Å². The van der Waals surface area contributed by atoms with E-state index in [1.165, 1.54) is 14.2 Å². The lowest BCUT2D eigenvalue weighted by Gasteiger charge is -2.12. The lowest BCUT2D eigenvalue weighted by molar-refractivity contribution is -0.137. The highest BCUT2D eigenvalue weighted by atomic mass is 79.9. The number of Topliss-reactive ketones (excluding diaryl/α,β-unsaturated/α-hetero) is 1. The molecule has 20 heavy (non-hydrogen) atoms. The summed E-state index contributed by atoms with van der Waals surface area (Å²) in [6, 6.07) is 3.35. The van der Waals surface area contributed by atoms with E-state index in [4.69, 9.17) is 14.6 Å². The fraction of sp³-hybridized carbons (Fsp3) is 0.429. The van der Waals surface area contributed by atoms with Gasteiger partial charge >= 0.3 is 5.97 Å². The van der Waals surface area contributed by atoms with E-state index in [0.717, 1.165) is 0 Å². The summed E-state index contributed by atoms with van der Waals surface area (Å²) in [5, 5.41) is 8.55. The number of hydrogen-bond donors (Lipinski definition) is 1. The van der Waals surface area contributed by atoms with Crippen LogP contribution in [0.2, 0.25) is 0 Å². The van der Waals surface area contributed by atoms with Crippen molar-refractivity contribution in [3.63, 3.8) is 0 Å². The second-order valence-corrected chi connectivity index (χ2v) is 5.06. The van der Waals surface area contributed by atoms with Gasteiger partial charge in [0.05, 0.1) is 19.8 Å². The van der Waals surface area contributed by atoms with Gasteiger partial charge < -0.3 is 14.6 Å². The van der Waals surface area contributed by atoms with E-state index in [1.54, 1.807) is 12.1 Å². The van der Waals surface area contributed by atoms with Gasteiger partial charge in [0.2, 0.25) is 0 Å². The van der Waals surface area contributed by atoms with Crippen molar-refractivity contribution in [2.24, 2.45) is 0 Å². The van der Waals surface area contributed by atoms with E-state index in [0.29, 0.717) is 34.4 Å². The first-order chi connectivity index (χ1) is 9.49. The third-order valence-corrected chi connectivity index (χ3v) is 3.43. The van der Waals surface area contributed by atoms with Gasteiger partial charge in [0.25, 0.3) is 0 Å². The number of benzene rings is 1. The van der Waals surface area contributed by atoms with Crippen molar-refractivity contribution in [1.29, 1.82) is 0 Å². The van der Waals surface area contributed by atoms with E-state index >= 15 is 0 Å². The molecule has 0 spiro atoms. The van der Waals surface area contributed by atoms with Crippen molar-refractivity contribution < 1.29 is 24.2 Å². The Morgan fingerprint density at radius 3 is 2.35 bits per heavy atom. The van der Waals surface area contributed by atoms with Crippen LogP contribution in [-0.4, -0.2) is 31.1 Å². The van der Waals surface area contributed by atoms with Crippen LogP contribution in [0.1, 0.15) is 36.0 Å². The van der Waals surface area contributed by atoms with Gasteiger partial charge in [-0.2, -0.15) is 0 Å². The maximum absolute atomic E-state index is 12.2. The topological polar surface area (TPSA) is 72.8 Å². The number of carbonyl (C=O) groups excluding carboxylic acids is 1. The highest BCUT2D eigenvalue weighted by Crippen LogP contribution is 2.33. The standard InChI is InChI=1S/C14H17BrO5/c1-19-9-7-10(15)14(12(8-9)20-2)11(16)5-3-4-6-13(17)18/h7-8H,3-6H2,1-2H3,(H,17,18). The van der Waals surface area contributed by atoms with Crippen LogP contribution in [0.4, 0.5) is 0 Å². The van der Waals surface area contributed by atoms with Crippen LogP contribution in [0.3, 0.4) is 0 Å². The van der Waals surface area contributed by atoms with Gasteiger partial charge in [-0.1, -0.05) is 0 Å². The molecule has 0 aliphatic rings. The first-order valence-corrected chi connectivity index (χ1v) is 6.95. The first-order valence-electron chi connectivity index (χ1n) is 6.16. The van der Waals surface area contributed by atoms with Crippen LogP contribution >= 0.6 is 15.9 Å². The molecule has 0 saturated heterocycles. The number of unbranched alkanes of at least 4 members (excludes halogenated alkanes) is 1. The van der Waals surface area contributed by atoms with Crippen LogP contribution in [0.25, 0.3) is 0 Å². The third kappa shape index (κ3) is 4.52. The number of carboxylic acid groups (broad SMARTS) is 1. The number of hydrogen-bond acceptors (Lipinski definition) is 4.